The molecule has 0 unspecified atom stereocenters. The van der Waals surface area contributed by atoms with Gasteiger partial charge < -0.3 is 19.9 Å². The number of ether oxygens (including phenoxy) is 1. The summed E-state index contributed by atoms with van der Waals surface area (Å²) in [5.41, 5.74) is 2.47. The molecule has 0 saturated heterocycles. The molecule has 0 aliphatic carbocycles. The third-order valence-corrected chi connectivity index (χ3v) is 5.58. The topological polar surface area (TPSA) is 67.7 Å². The Bertz CT molecular complexity index is 1100. The number of carbonyl (C=O) groups excluding carboxylic acids is 1. The number of rotatable bonds is 8. The van der Waals surface area contributed by atoms with Gasteiger partial charge in [0.25, 0.3) is 0 Å². The minimum absolute atomic E-state index is 0.188. The second-order valence-electron chi connectivity index (χ2n) is 6.63. The Kier molecular flexibility index (Phi) is 8.08. The first-order valence-corrected chi connectivity index (χ1v) is 11.1. The van der Waals surface area contributed by atoms with Gasteiger partial charge in [0, 0.05) is 36.1 Å². The van der Waals surface area contributed by atoms with Crippen LogP contribution in [0.15, 0.2) is 52.8 Å². The van der Waals surface area contributed by atoms with E-state index in [-0.39, 0.29) is 11.8 Å². The highest BCUT2D eigenvalue weighted by Crippen LogP contribution is 2.30. The Morgan fingerprint density at radius 2 is 2.00 bits per heavy atom. The highest BCUT2D eigenvalue weighted by Gasteiger charge is 2.10. The average Bonchev–Trinajstić information content (AvgIpc) is 3.15. The number of hydrogen-bond acceptors (Lipinski definition) is 4. The summed E-state index contributed by atoms with van der Waals surface area (Å²) in [6.07, 6.45) is 0.701. The summed E-state index contributed by atoms with van der Waals surface area (Å²) in [6, 6.07) is 11.5. The van der Waals surface area contributed by atoms with Gasteiger partial charge in [0.15, 0.2) is 4.80 Å². The van der Waals surface area contributed by atoms with Gasteiger partial charge in [-0.1, -0.05) is 11.6 Å². The number of aromatic nitrogens is 1. The Morgan fingerprint density at radius 3 is 2.71 bits per heavy atom. The standard InChI is InChI=1S/C22H24ClFN4O2S/c1-3-25-21(29)26-11-4-12-28-19(15-5-8-17(24)9-6-15)14-31-22(28)27-18-10-7-16(23)13-20(18)30-2/h5-10,13-14H,3-4,11-12H2,1-2H3,(H2,25,26,29)/b27-22-. The minimum atomic E-state index is -0.285. The van der Waals surface area contributed by atoms with Crippen LogP contribution in [-0.2, 0) is 6.54 Å². The Balaban J connectivity index is 1.93. The molecule has 1 aromatic heterocycles. The maximum Gasteiger partial charge on any atom is 0.314 e. The molecular formula is C22H24ClFN4O2S. The zero-order valence-electron chi connectivity index (χ0n) is 17.3. The molecule has 3 rings (SSSR count). The van der Waals surface area contributed by atoms with Gasteiger partial charge in [0.05, 0.1) is 12.8 Å². The van der Waals surface area contributed by atoms with Crippen molar-refractivity contribution in [2.75, 3.05) is 20.2 Å². The van der Waals surface area contributed by atoms with Gasteiger partial charge in [-0.15, -0.1) is 11.3 Å². The molecule has 6 nitrogen and oxygen atoms in total. The Labute approximate surface area is 189 Å². The van der Waals surface area contributed by atoms with Crippen molar-refractivity contribution in [2.45, 2.75) is 19.9 Å². The quantitative estimate of drug-likeness (QED) is 0.464. The molecule has 3 aromatic rings. The molecule has 2 N–H and O–H groups in total. The maximum atomic E-state index is 13.4. The monoisotopic (exact) mass is 462 g/mol. The molecule has 0 radical (unpaired) electrons. The number of carbonyl (C=O) groups is 1. The van der Waals surface area contributed by atoms with Crippen LogP contribution in [0.4, 0.5) is 14.9 Å². The lowest BCUT2D eigenvalue weighted by atomic mass is 10.1. The first kappa shape index (κ1) is 22.8. The summed E-state index contributed by atoms with van der Waals surface area (Å²) < 4.78 is 20.9. The summed E-state index contributed by atoms with van der Waals surface area (Å²) in [4.78, 5) is 17.2. The van der Waals surface area contributed by atoms with E-state index in [1.54, 1.807) is 37.4 Å². The van der Waals surface area contributed by atoms with Gasteiger partial charge in [-0.3, -0.25) is 0 Å². The molecule has 1 heterocycles. The van der Waals surface area contributed by atoms with E-state index >= 15 is 0 Å². The van der Waals surface area contributed by atoms with Crippen LogP contribution in [0.2, 0.25) is 5.02 Å². The van der Waals surface area contributed by atoms with Crippen LogP contribution in [0.1, 0.15) is 13.3 Å². The van der Waals surface area contributed by atoms with Crippen molar-refractivity contribution < 1.29 is 13.9 Å². The smallest absolute Gasteiger partial charge is 0.314 e. The van der Waals surface area contributed by atoms with E-state index in [0.29, 0.717) is 42.5 Å². The van der Waals surface area contributed by atoms with E-state index in [0.717, 1.165) is 16.1 Å². The SMILES string of the molecule is CCNC(=O)NCCCn1c(-c2ccc(F)cc2)cs/c1=N\c1ccc(Cl)cc1OC. The van der Waals surface area contributed by atoms with Gasteiger partial charge in [-0.2, -0.15) is 0 Å². The number of thiazole rings is 1. The molecule has 0 saturated carbocycles. The fourth-order valence-electron chi connectivity index (χ4n) is 3.00. The first-order valence-electron chi connectivity index (χ1n) is 9.86. The number of hydrogen-bond donors (Lipinski definition) is 2. The van der Waals surface area contributed by atoms with Crippen LogP contribution >= 0.6 is 22.9 Å². The lowest BCUT2D eigenvalue weighted by Crippen LogP contribution is -2.36. The van der Waals surface area contributed by atoms with Gasteiger partial charge in [0.2, 0.25) is 0 Å². The van der Waals surface area contributed by atoms with E-state index in [2.05, 4.69) is 15.2 Å². The molecule has 9 heteroatoms. The number of benzene rings is 2. The third kappa shape index (κ3) is 6.08. The molecule has 0 fully saturated rings. The number of amides is 2. The van der Waals surface area contributed by atoms with Crippen LogP contribution in [0.3, 0.4) is 0 Å². The van der Waals surface area contributed by atoms with Crippen LogP contribution in [-0.4, -0.2) is 30.8 Å². The summed E-state index contributed by atoms with van der Waals surface area (Å²) in [6.45, 7) is 3.58. The number of urea groups is 1. The molecular weight excluding hydrogens is 439 g/mol. The zero-order valence-corrected chi connectivity index (χ0v) is 18.9. The third-order valence-electron chi connectivity index (χ3n) is 4.48. The van der Waals surface area contributed by atoms with E-state index in [1.165, 1.54) is 23.5 Å². The number of nitrogens with one attached hydrogen (secondary N) is 2. The van der Waals surface area contributed by atoms with E-state index in [1.807, 2.05) is 12.3 Å². The minimum Gasteiger partial charge on any atom is -0.494 e. The maximum absolute atomic E-state index is 13.4. The lowest BCUT2D eigenvalue weighted by molar-refractivity contribution is 0.241. The normalized spacial score (nSPS) is 11.4. The molecule has 0 atom stereocenters. The second-order valence-corrected chi connectivity index (χ2v) is 7.90. The Hall–Kier alpha value is -2.84. The summed E-state index contributed by atoms with van der Waals surface area (Å²) in [7, 11) is 1.57. The van der Waals surface area contributed by atoms with Gasteiger partial charge in [-0.25, -0.2) is 14.2 Å². The first-order chi connectivity index (χ1) is 15.0. The summed E-state index contributed by atoms with van der Waals surface area (Å²) >= 11 is 7.54. The van der Waals surface area contributed by atoms with E-state index in [4.69, 9.17) is 21.3 Å². The van der Waals surface area contributed by atoms with Crippen molar-refractivity contribution in [3.05, 3.63) is 63.5 Å². The van der Waals surface area contributed by atoms with Gasteiger partial charge >= 0.3 is 6.03 Å². The lowest BCUT2D eigenvalue weighted by Gasteiger charge is -2.11. The zero-order chi connectivity index (χ0) is 22.2. The molecule has 2 amide bonds. The highest BCUT2D eigenvalue weighted by molar-refractivity contribution is 7.07. The molecule has 0 aliphatic heterocycles. The van der Waals surface area contributed by atoms with Crippen molar-refractivity contribution in [1.82, 2.24) is 15.2 Å². The Morgan fingerprint density at radius 1 is 1.23 bits per heavy atom. The predicted octanol–water partition coefficient (Wildman–Crippen LogP) is 4.96. The molecule has 164 valence electrons. The fraction of sp³-hybridized carbons (Fsp3) is 0.273. The van der Waals surface area contributed by atoms with Crippen LogP contribution in [0, 0.1) is 5.82 Å². The van der Waals surface area contributed by atoms with Crippen molar-refractivity contribution in [3.8, 4) is 17.0 Å². The largest absolute Gasteiger partial charge is 0.494 e. The van der Waals surface area contributed by atoms with Crippen molar-refractivity contribution >= 4 is 34.7 Å². The van der Waals surface area contributed by atoms with Crippen LogP contribution in [0.25, 0.3) is 11.3 Å². The van der Waals surface area contributed by atoms with Crippen molar-refractivity contribution in [2.24, 2.45) is 4.99 Å². The van der Waals surface area contributed by atoms with Gasteiger partial charge in [0.1, 0.15) is 17.3 Å². The number of nitrogens with zero attached hydrogens (tertiary/aromatic N) is 2. The second kappa shape index (κ2) is 11.0. The molecule has 0 bridgehead atoms. The van der Waals surface area contributed by atoms with Crippen molar-refractivity contribution in [1.29, 1.82) is 0 Å². The summed E-state index contributed by atoms with van der Waals surface area (Å²) in [5.74, 6) is 0.293. The van der Waals surface area contributed by atoms with Crippen LogP contribution in [0.5, 0.6) is 5.75 Å². The van der Waals surface area contributed by atoms with Gasteiger partial charge in [-0.05, 0) is 55.3 Å². The predicted molar refractivity (Wildman–Crippen MR) is 123 cm³/mol. The molecule has 0 aliphatic rings. The highest BCUT2D eigenvalue weighted by atomic mass is 35.5. The fourth-order valence-corrected chi connectivity index (χ4v) is 4.11. The van der Waals surface area contributed by atoms with E-state index in [9.17, 15) is 9.18 Å². The summed E-state index contributed by atoms with van der Waals surface area (Å²) in [5, 5.41) is 8.10. The molecule has 2 aromatic carbocycles. The van der Waals surface area contributed by atoms with E-state index < -0.39 is 0 Å². The number of halogens is 2. The van der Waals surface area contributed by atoms with Crippen molar-refractivity contribution in [3.63, 3.8) is 0 Å². The average molecular weight is 463 g/mol. The molecule has 0 spiro atoms. The molecule has 31 heavy (non-hydrogen) atoms. The number of methoxy groups -OCH3 is 1. The van der Waals surface area contributed by atoms with Crippen LogP contribution < -0.4 is 20.2 Å².